The topological polar surface area (TPSA) is 70.2 Å². The number of piperidine rings is 3. The lowest BCUT2D eigenvalue weighted by Crippen LogP contribution is -2.49. The average molecular weight is 470 g/mol. The third kappa shape index (κ3) is 5.73. The number of amides is 3. The number of ether oxygens (including phenoxy) is 1. The summed E-state index contributed by atoms with van der Waals surface area (Å²) >= 11 is 0. The van der Waals surface area contributed by atoms with Gasteiger partial charge in [-0.1, -0.05) is 0 Å². The molecule has 0 spiro atoms. The maximum absolute atomic E-state index is 13.0. The van der Waals surface area contributed by atoms with E-state index in [0.717, 1.165) is 58.0 Å². The van der Waals surface area contributed by atoms with Gasteiger partial charge in [-0.2, -0.15) is 0 Å². The normalized spacial score (nSPS) is 24.1. The third-order valence-corrected chi connectivity index (χ3v) is 7.74. The van der Waals surface area contributed by atoms with E-state index in [1.165, 1.54) is 6.42 Å². The molecule has 0 radical (unpaired) electrons. The Balaban J connectivity index is 1.25. The zero-order chi connectivity index (χ0) is 24.1. The molecular formula is C27H39N3O4. The van der Waals surface area contributed by atoms with Gasteiger partial charge in [0.2, 0.25) is 5.91 Å². The molecule has 3 aliphatic heterocycles. The molecule has 3 saturated heterocycles. The van der Waals surface area contributed by atoms with Crippen molar-refractivity contribution in [1.82, 2.24) is 14.7 Å². The molecular weight excluding hydrogens is 430 g/mol. The molecule has 3 amide bonds. The minimum atomic E-state index is -0.0116. The Morgan fingerprint density at radius 1 is 0.794 bits per heavy atom. The third-order valence-electron chi connectivity index (χ3n) is 7.74. The van der Waals surface area contributed by atoms with E-state index in [0.29, 0.717) is 24.4 Å². The van der Waals surface area contributed by atoms with Crippen molar-refractivity contribution < 1.29 is 19.1 Å². The van der Waals surface area contributed by atoms with E-state index in [4.69, 9.17) is 4.74 Å². The molecule has 4 rings (SSSR count). The first-order chi connectivity index (χ1) is 16.4. The van der Waals surface area contributed by atoms with Gasteiger partial charge in [0.25, 0.3) is 11.8 Å². The summed E-state index contributed by atoms with van der Waals surface area (Å²) in [5, 5.41) is 0. The minimum absolute atomic E-state index is 0.0116. The van der Waals surface area contributed by atoms with Crippen molar-refractivity contribution in [2.75, 3.05) is 32.8 Å². The van der Waals surface area contributed by atoms with Gasteiger partial charge in [0.05, 0.1) is 0 Å². The van der Waals surface area contributed by atoms with Gasteiger partial charge in [0.1, 0.15) is 5.75 Å². The lowest BCUT2D eigenvalue weighted by molar-refractivity contribution is -0.139. The molecule has 34 heavy (non-hydrogen) atoms. The van der Waals surface area contributed by atoms with Gasteiger partial charge >= 0.3 is 0 Å². The standard InChI is InChI=1S/C27H39N3O4/c1-20-7-6-8-21(2)30(20)25(31)19-34-24-11-9-22(10-12-24)26(32)29-17-13-23(14-18-29)27(33)28-15-4-3-5-16-28/h9-12,20-21,23H,3-8,13-19H2,1-2H3/t20-,21-/m1/s1. The van der Waals surface area contributed by atoms with Crippen molar-refractivity contribution in [2.24, 2.45) is 5.92 Å². The molecule has 0 aliphatic carbocycles. The van der Waals surface area contributed by atoms with Crippen molar-refractivity contribution >= 4 is 17.7 Å². The first-order valence-electron chi connectivity index (χ1n) is 13.1. The molecule has 186 valence electrons. The van der Waals surface area contributed by atoms with Crippen molar-refractivity contribution in [3.8, 4) is 5.75 Å². The van der Waals surface area contributed by atoms with E-state index in [1.807, 2.05) is 14.7 Å². The summed E-state index contributed by atoms with van der Waals surface area (Å²) in [5.74, 6) is 0.911. The first kappa shape index (κ1) is 24.6. The Morgan fingerprint density at radius 3 is 2.03 bits per heavy atom. The number of likely N-dealkylation sites (tertiary alicyclic amines) is 3. The number of hydrogen-bond donors (Lipinski definition) is 0. The number of rotatable bonds is 5. The molecule has 7 heteroatoms. The summed E-state index contributed by atoms with van der Waals surface area (Å²) in [6, 6.07) is 7.54. The number of nitrogens with zero attached hydrogens (tertiary/aromatic N) is 3. The average Bonchev–Trinajstić information content (AvgIpc) is 2.87. The smallest absolute Gasteiger partial charge is 0.260 e. The van der Waals surface area contributed by atoms with Crippen molar-refractivity contribution in [2.45, 2.75) is 77.3 Å². The molecule has 1 aromatic carbocycles. The molecule has 3 heterocycles. The molecule has 0 N–H and O–H groups in total. The molecule has 0 aromatic heterocycles. The Hall–Kier alpha value is -2.57. The van der Waals surface area contributed by atoms with Crippen LogP contribution in [0.2, 0.25) is 0 Å². The zero-order valence-electron chi connectivity index (χ0n) is 20.7. The largest absolute Gasteiger partial charge is 0.484 e. The van der Waals surface area contributed by atoms with Crippen LogP contribution in [0.4, 0.5) is 0 Å². The van der Waals surface area contributed by atoms with Crippen LogP contribution < -0.4 is 4.74 Å². The summed E-state index contributed by atoms with van der Waals surface area (Å²) in [6.07, 6.45) is 8.13. The summed E-state index contributed by atoms with van der Waals surface area (Å²) in [4.78, 5) is 44.2. The Morgan fingerprint density at radius 2 is 1.41 bits per heavy atom. The van der Waals surface area contributed by atoms with Crippen molar-refractivity contribution in [3.05, 3.63) is 29.8 Å². The predicted molar refractivity (Wildman–Crippen MR) is 131 cm³/mol. The summed E-state index contributed by atoms with van der Waals surface area (Å²) in [7, 11) is 0. The van der Waals surface area contributed by atoms with E-state index < -0.39 is 0 Å². The van der Waals surface area contributed by atoms with Crippen LogP contribution in [0.25, 0.3) is 0 Å². The van der Waals surface area contributed by atoms with E-state index in [2.05, 4.69) is 13.8 Å². The van der Waals surface area contributed by atoms with Crippen LogP contribution in [0, 0.1) is 5.92 Å². The minimum Gasteiger partial charge on any atom is -0.484 e. The number of hydrogen-bond acceptors (Lipinski definition) is 4. The molecule has 7 nitrogen and oxygen atoms in total. The molecule has 3 fully saturated rings. The molecule has 0 bridgehead atoms. The highest BCUT2D eigenvalue weighted by molar-refractivity contribution is 5.94. The van der Waals surface area contributed by atoms with Crippen LogP contribution in [0.15, 0.2) is 24.3 Å². The number of carbonyl (C=O) groups excluding carboxylic acids is 3. The van der Waals surface area contributed by atoms with Crippen LogP contribution in [0.3, 0.4) is 0 Å². The van der Waals surface area contributed by atoms with E-state index in [1.54, 1.807) is 24.3 Å². The molecule has 2 atom stereocenters. The fourth-order valence-electron chi connectivity index (χ4n) is 5.71. The fourth-order valence-corrected chi connectivity index (χ4v) is 5.71. The van der Waals surface area contributed by atoms with Crippen LogP contribution in [-0.2, 0) is 9.59 Å². The summed E-state index contributed by atoms with van der Waals surface area (Å²) < 4.78 is 5.74. The van der Waals surface area contributed by atoms with Gasteiger partial charge in [-0.3, -0.25) is 14.4 Å². The van der Waals surface area contributed by atoms with E-state index >= 15 is 0 Å². The molecule has 0 saturated carbocycles. The maximum Gasteiger partial charge on any atom is 0.260 e. The molecule has 3 aliphatic rings. The fraction of sp³-hybridized carbons (Fsp3) is 0.667. The highest BCUT2D eigenvalue weighted by Crippen LogP contribution is 2.25. The van der Waals surface area contributed by atoms with Gasteiger partial charge < -0.3 is 19.4 Å². The van der Waals surface area contributed by atoms with Crippen LogP contribution in [0.5, 0.6) is 5.75 Å². The zero-order valence-corrected chi connectivity index (χ0v) is 20.7. The second-order valence-corrected chi connectivity index (χ2v) is 10.2. The van der Waals surface area contributed by atoms with Crippen molar-refractivity contribution in [3.63, 3.8) is 0 Å². The van der Waals surface area contributed by atoms with Crippen molar-refractivity contribution in [1.29, 1.82) is 0 Å². The quantitative estimate of drug-likeness (QED) is 0.659. The van der Waals surface area contributed by atoms with E-state index in [-0.39, 0.29) is 42.3 Å². The Bertz CT molecular complexity index is 847. The highest BCUT2D eigenvalue weighted by atomic mass is 16.5. The van der Waals surface area contributed by atoms with Gasteiger partial charge in [-0.25, -0.2) is 0 Å². The van der Waals surface area contributed by atoms with Gasteiger partial charge in [0.15, 0.2) is 6.61 Å². The monoisotopic (exact) mass is 469 g/mol. The van der Waals surface area contributed by atoms with Crippen LogP contribution in [-0.4, -0.2) is 77.3 Å². The number of benzene rings is 1. The maximum atomic E-state index is 13.0. The van der Waals surface area contributed by atoms with Crippen LogP contribution in [0.1, 0.15) is 75.6 Å². The summed E-state index contributed by atoms with van der Waals surface area (Å²) in [6.45, 7) is 7.20. The van der Waals surface area contributed by atoms with Gasteiger partial charge in [-0.05, 0) is 89.5 Å². The Kier molecular flexibility index (Phi) is 8.11. The first-order valence-corrected chi connectivity index (χ1v) is 13.1. The number of carbonyl (C=O) groups is 3. The van der Waals surface area contributed by atoms with Crippen LogP contribution >= 0.6 is 0 Å². The lowest BCUT2D eigenvalue weighted by Gasteiger charge is -2.39. The molecule has 0 unspecified atom stereocenters. The second-order valence-electron chi connectivity index (χ2n) is 10.2. The second kappa shape index (κ2) is 11.2. The predicted octanol–water partition coefficient (Wildman–Crippen LogP) is 3.72. The van der Waals surface area contributed by atoms with Gasteiger partial charge in [-0.15, -0.1) is 0 Å². The Labute approximate surface area is 203 Å². The van der Waals surface area contributed by atoms with E-state index in [9.17, 15) is 14.4 Å². The lowest BCUT2D eigenvalue weighted by atomic mass is 9.94. The molecule has 1 aromatic rings. The van der Waals surface area contributed by atoms with Gasteiger partial charge in [0, 0.05) is 49.7 Å². The summed E-state index contributed by atoms with van der Waals surface area (Å²) in [5.41, 5.74) is 0.609. The SMILES string of the molecule is C[C@@H]1CCC[C@@H](C)N1C(=O)COc1ccc(C(=O)N2CCC(C(=O)N3CCCCC3)CC2)cc1. The highest BCUT2D eigenvalue weighted by Gasteiger charge is 2.31.